The summed E-state index contributed by atoms with van der Waals surface area (Å²) in [5.74, 6) is 1.12. The monoisotopic (exact) mass is 400 g/mol. The lowest BCUT2D eigenvalue weighted by molar-refractivity contribution is 0.218. The molecule has 0 spiro atoms. The minimum absolute atomic E-state index is 0.406. The molecule has 0 saturated carbocycles. The fraction of sp³-hybridized carbons (Fsp3) is 0.167. The van der Waals surface area contributed by atoms with Gasteiger partial charge in [-0.25, -0.2) is 15.0 Å². The summed E-state index contributed by atoms with van der Waals surface area (Å²) in [4.78, 5) is 17.0. The highest BCUT2D eigenvalue weighted by atomic mass is 35.5. The third kappa shape index (κ3) is 3.43. The predicted octanol–water partition coefficient (Wildman–Crippen LogP) is 4.57. The Morgan fingerprint density at radius 2 is 1.74 bits per heavy atom. The molecule has 9 heteroatoms. The summed E-state index contributed by atoms with van der Waals surface area (Å²) >= 11 is 12.4. The van der Waals surface area contributed by atoms with Gasteiger partial charge < -0.3 is 4.74 Å². The van der Waals surface area contributed by atoms with E-state index in [9.17, 15) is 0 Å². The van der Waals surface area contributed by atoms with Crippen molar-refractivity contribution in [3.05, 3.63) is 58.4 Å². The van der Waals surface area contributed by atoms with Crippen molar-refractivity contribution in [2.24, 2.45) is 0 Å². The summed E-state index contributed by atoms with van der Waals surface area (Å²) in [6.07, 6.45) is 6.09. The zero-order valence-corrected chi connectivity index (χ0v) is 16.0. The largest absolute Gasteiger partial charge is 0.470 e. The van der Waals surface area contributed by atoms with Crippen LogP contribution in [0.25, 0.3) is 22.3 Å². The van der Waals surface area contributed by atoms with E-state index in [4.69, 9.17) is 27.9 Å². The standard InChI is InChI=1S/C18H14Cl2N6O/c1-9(16-12(19)7-21-8-13(16)20)27-15-4-3-14-18(24-15)17(26-25-14)11-5-22-10(2)23-6-11/h3-9H,1-2H3,(H,25,26)/t9-/m1/s1. The molecule has 0 aliphatic rings. The number of aromatic nitrogens is 6. The number of ether oxygens (including phenoxy) is 1. The van der Waals surface area contributed by atoms with Crippen LogP contribution in [-0.2, 0) is 0 Å². The topological polar surface area (TPSA) is 89.5 Å². The van der Waals surface area contributed by atoms with Crippen LogP contribution in [0, 0.1) is 6.92 Å². The second kappa shape index (κ2) is 7.09. The van der Waals surface area contributed by atoms with Crippen molar-refractivity contribution in [3.63, 3.8) is 0 Å². The molecule has 0 amide bonds. The Bertz CT molecular complexity index is 1090. The number of hydrogen-bond acceptors (Lipinski definition) is 6. The number of rotatable bonds is 4. The molecule has 1 atom stereocenters. The highest BCUT2D eigenvalue weighted by molar-refractivity contribution is 6.35. The summed E-state index contributed by atoms with van der Waals surface area (Å²) in [7, 11) is 0. The second-order valence-electron chi connectivity index (χ2n) is 5.91. The van der Waals surface area contributed by atoms with Gasteiger partial charge in [0.1, 0.15) is 23.1 Å². The van der Waals surface area contributed by atoms with Crippen molar-refractivity contribution < 1.29 is 4.74 Å². The maximum Gasteiger partial charge on any atom is 0.214 e. The zero-order valence-electron chi connectivity index (χ0n) is 14.4. The number of hydrogen-bond donors (Lipinski definition) is 1. The molecule has 0 unspecified atom stereocenters. The molecule has 7 nitrogen and oxygen atoms in total. The lowest BCUT2D eigenvalue weighted by Crippen LogP contribution is -2.06. The van der Waals surface area contributed by atoms with E-state index in [0.29, 0.717) is 38.5 Å². The van der Waals surface area contributed by atoms with Crippen LogP contribution >= 0.6 is 23.2 Å². The van der Waals surface area contributed by atoms with Gasteiger partial charge in [0.15, 0.2) is 0 Å². The van der Waals surface area contributed by atoms with Crippen LogP contribution in [0.15, 0.2) is 36.9 Å². The first-order valence-corrected chi connectivity index (χ1v) is 8.88. The molecular weight excluding hydrogens is 387 g/mol. The van der Waals surface area contributed by atoms with Crippen LogP contribution in [0.2, 0.25) is 10.0 Å². The number of H-pyrrole nitrogens is 1. The van der Waals surface area contributed by atoms with Gasteiger partial charge in [-0.3, -0.25) is 10.1 Å². The van der Waals surface area contributed by atoms with Gasteiger partial charge in [0.2, 0.25) is 5.88 Å². The van der Waals surface area contributed by atoms with Crippen LogP contribution in [-0.4, -0.2) is 30.1 Å². The number of nitrogens with zero attached hydrogens (tertiary/aromatic N) is 5. The molecule has 0 bridgehead atoms. The SMILES string of the molecule is Cc1ncc(-c2n[nH]c3ccc(O[C@H](C)c4c(Cl)cncc4Cl)nc23)cn1. The van der Waals surface area contributed by atoms with Crippen LogP contribution in [0.4, 0.5) is 0 Å². The van der Waals surface area contributed by atoms with Crippen LogP contribution in [0.3, 0.4) is 0 Å². The summed E-state index contributed by atoms with van der Waals surface area (Å²) in [6, 6.07) is 3.61. The molecule has 4 aromatic heterocycles. The minimum Gasteiger partial charge on any atom is -0.470 e. The Morgan fingerprint density at radius 3 is 2.44 bits per heavy atom. The normalized spacial score (nSPS) is 12.3. The molecule has 4 rings (SSSR count). The Labute approximate surface area is 164 Å². The van der Waals surface area contributed by atoms with Crippen LogP contribution in [0.1, 0.15) is 24.4 Å². The van der Waals surface area contributed by atoms with Crippen LogP contribution in [0.5, 0.6) is 5.88 Å². The predicted molar refractivity (Wildman–Crippen MR) is 103 cm³/mol. The van der Waals surface area contributed by atoms with E-state index in [1.807, 2.05) is 19.9 Å². The summed E-state index contributed by atoms with van der Waals surface area (Å²) < 4.78 is 5.97. The van der Waals surface area contributed by atoms with E-state index in [-0.39, 0.29) is 0 Å². The number of nitrogens with one attached hydrogen (secondary N) is 1. The van der Waals surface area contributed by atoms with Gasteiger partial charge in [-0.15, -0.1) is 0 Å². The molecule has 0 fully saturated rings. The van der Waals surface area contributed by atoms with Crippen molar-refractivity contribution in [2.45, 2.75) is 20.0 Å². The number of aryl methyl sites for hydroxylation is 1. The molecule has 0 saturated heterocycles. The Balaban J connectivity index is 1.69. The van der Waals surface area contributed by atoms with Crippen molar-refractivity contribution in [3.8, 4) is 17.1 Å². The minimum atomic E-state index is -0.406. The molecule has 0 aliphatic carbocycles. The molecule has 4 aromatic rings. The molecule has 1 N–H and O–H groups in total. The van der Waals surface area contributed by atoms with E-state index < -0.39 is 6.10 Å². The molecule has 0 aliphatic heterocycles. The van der Waals surface area contributed by atoms with Gasteiger partial charge in [-0.2, -0.15) is 5.10 Å². The molecular formula is C18H14Cl2N6O. The lowest BCUT2D eigenvalue weighted by Gasteiger charge is -2.16. The van der Waals surface area contributed by atoms with Gasteiger partial charge in [0.25, 0.3) is 0 Å². The highest BCUT2D eigenvalue weighted by Crippen LogP contribution is 2.33. The Hall–Kier alpha value is -2.77. The van der Waals surface area contributed by atoms with Gasteiger partial charge >= 0.3 is 0 Å². The third-order valence-corrected chi connectivity index (χ3v) is 4.63. The second-order valence-corrected chi connectivity index (χ2v) is 6.73. The molecule has 136 valence electrons. The number of aromatic amines is 1. The fourth-order valence-corrected chi connectivity index (χ4v) is 3.38. The van der Waals surface area contributed by atoms with E-state index in [0.717, 1.165) is 11.1 Å². The van der Waals surface area contributed by atoms with Crippen molar-refractivity contribution >= 4 is 34.2 Å². The fourth-order valence-electron chi connectivity index (χ4n) is 2.71. The zero-order chi connectivity index (χ0) is 19.0. The van der Waals surface area contributed by atoms with Crippen molar-refractivity contribution in [2.75, 3.05) is 0 Å². The summed E-state index contributed by atoms with van der Waals surface area (Å²) in [5.41, 5.74) is 3.53. The maximum absolute atomic E-state index is 6.21. The first-order valence-electron chi connectivity index (χ1n) is 8.12. The van der Waals surface area contributed by atoms with Crippen molar-refractivity contribution in [1.29, 1.82) is 0 Å². The average molecular weight is 401 g/mol. The molecule has 0 radical (unpaired) electrons. The van der Waals surface area contributed by atoms with Crippen LogP contribution < -0.4 is 4.74 Å². The van der Waals surface area contributed by atoms with Gasteiger partial charge in [-0.1, -0.05) is 23.2 Å². The smallest absolute Gasteiger partial charge is 0.214 e. The maximum atomic E-state index is 6.21. The molecule has 4 heterocycles. The van der Waals surface area contributed by atoms with Gasteiger partial charge in [0.05, 0.1) is 15.6 Å². The number of pyridine rings is 2. The first-order chi connectivity index (χ1) is 13.0. The molecule has 27 heavy (non-hydrogen) atoms. The third-order valence-electron chi connectivity index (χ3n) is 4.03. The van der Waals surface area contributed by atoms with E-state index in [2.05, 4.69) is 30.1 Å². The van der Waals surface area contributed by atoms with E-state index in [1.54, 1.807) is 18.5 Å². The number of halogens is 2. The van der Waals surface area contributed by atoms with E-state index >= 15 is 0 Å². The molecule has 0 aromatic carbocycles. The lowest BCUT2D eigenvalue weighted by atomic mass is 10.2. The highest BCUT2D eigenvalue weighted by Gasteiger charge is 2.18. The Kier molecular flexibility index (Phi) is 4.63. The Morgan fingerprint density at radius 1 is 1.04 bits per heavy atom. The summed E-state index contributed by atoms with van der Waals surface area (Å²) in [5, 5.41) is 8.17. The van der Waals surface area contributed by atoms with Crippen molar-refractivity contribution in [1.82, 2.24) is 30.1 Å². The van der Waals surface area contributed by atoms with Gasteiger partial charge in [-0.05, 0) is 19.9 Å². The first kappa shape index (κ1) is 17.6. The van der Waals surface area contributed by atoms with E-state index in [1.165, 1.54) is 12.4 Å². The summed E-state index contributed by atoms with van der Waals surface area (Å²) in [6.45, 7) is 3.68. The van der Waals surface area contributed by atoms with Gasteiger partial charge in [0, 0.05) is 42.0 Å². The number of fused-ring (bicyclic) bond motifs is 1. The quantitative estimate of drug-likeness (QED) is 0.539. The average Bonchev–Trinajstić information content (AvgIpc) is 3.05.